The molecular weight excluding hydrogens is 419 g/mol. The molecule has 0 bridgehead atoms. The molecule has 0 aliphatic carbocycles. The maximum Gasteiger partial charge on any atom is 0.272 e. The standard InChI is InChI=1S/C24H20F3N3O2/c1-13-19(31)12-28-30-22(13)24(32)29-11-5-10-18(29)23(30)20(14-6-2-3-8-16(14)25)15-7-4-9-17(26)21(15)27/h2-4,6-9,12,18,20,23H,5,10-11H2,1H3/t18-,20+,23-/m1/s1. The van der Waals surface area contributed by atoms with E-state index in [1.807, 2.05) is 0 Å². The SMILES string of the molecule is Cc1c2n(ncc1=O)[C@@H]([C@@H](c1ccccc1F)c1cccc(F)c1F)[C@H]1CCCN1C2=O. The summed E-state index contributed by atoms with van der Waals surface area (Å²) in [5, 5.41) is 4.24. The minimum Gasteiger partial charge on any atom is -0.332 e. The van der Waals surface area contributed by atoms with Gasteiger partial charge in [-0.2, -0.15) is 5.10 Å². The number of benzene rings is 2. The van der Waals surface area contributed by atoms with Crippen LogP contribution in [0.3, 0.4) is 0 Å². The van der Waals surface area contributed by atoms with Crippen molar-refractivity contribution in [1.29, 1.82) is 0 Å². The molecule has 164 valence electrons. The second-order valence-corrected chi connectivity index (χ2v) is 8.27. The molecule has 0 radical (unpaired) electrons. The molecule has 2 aliphatic rings. The summed E-state index contributed by atoms with van der Waals surface area (Å²) in [4.78, 5) is 27.2. The Balaban J connectivity index is 1.83. The first-order valence-electron chi connectivity index (χ1n) is 10.5. The van der Waals surface area contributed by atoms with Gasteiger partial charge in [-0.3, -0.25) is 14.3 Å². The zero-order valence-corrected chi connectivity index (χ0v) is 17.3. The summed E-state index contributed by atoms with van der Waals surface area (Å²) < 4.78 is 45.9. The van der Waals surface area contributed by atoms with Crippen LogP contribution in [-0.4, -0.2) is 33.2 Å². The molecule has 0 saturated carbocycles. The molecule has 32 heavy (non-hydrogen) atoms. The third kappa shape index (κ3) is 2.97. The Morgan fingerprint density at radius 3 is 2.50 bits per heavy atom. The fraction of sp³-hybridized carbons (Fsp3) is 0.292. The van der Waals surface area contributed by atoms with Gasteiger partial charge in [0.15, 0.2) is 11.6 Å². The third-order valence-electron chi connectivity index (χ3n) is 6.59. The Labute approximate surface area is 182 Å². The highest BCUT2D eigenvalue weighted by Gasteiger charge is 2.48. The molecule has 5 rings (SSSR count). The molecular formula is C24H20F3N3O2. The number of nitrogens with zero attached hydrogens (tertiary/aromatic N) is 3. The summed E-state index contributed by atoms with van der Waals surface area (Å²) in [5.41, 5.74) is 0.101. The van der Waals surface area contributed by atoms with E-state index in [4.69, 9.17) is 0 Å². The summed E-state index contributed by atoms with van der Waals surface area (Å²) in [7, 11) is 0. The molecule has 1 aromatic heterocycles. The Morgan fingerprint density at radius 1 is 1.00 bits per heavy atom. The molecule has 3 heterocycles. The Morgan fingerprint density at radius 2 is 1.72 bits per heavy atom. The molecule has 0 N–H and O–H groups in total. The van der Waals surface area contributed by atoms with Gasteiger partial charge in [-0.25, -0.2) is 13.2 Å². The minimum absolute atomic E-state index is 0.0228. The number of hydrogen-bond acceptors (Lipinski definition) is 3. The average Bonchev–Trinajstić information content (AvgIpc) is 3.27. The van der Waals surface area contributed by atoms with E-state index in [1.165, 1.54) is 35.0 Å². The highest BCUT2D eigenvalue weighted by atomic mass is 19.2. The van der Waals surface area contributed by atoms with E-state index in [-0.39, 0.29) is 33.7 Å². The van der Waals surface area contributed by atoms with Gasteiger partial charge in [0.1, 0.15) is 11.5 Å². The maximum atomic E-state index is 15.1. The van der Waals surface area contributed by atoms with Gasteiger partial charge < -0.3 is 4.90 Å². The highest BCUT2D eigenvalue weighted by molar-refractivity contribution is 5.95. The summed E-state index contributed by atoms with van der Waals surface area (Å²) in [6, 6.07) is 8.66. The number of carbonyl (C=O) groups is 1. The summed E-state index contributed by atoms with van der Waals surface area (Å²) >= 11 is 0. The van der Waals surface area contributed by atoms with Gasteiger partial charge in [0, 0.05) is 23.6 Å². The Hall–Kier alpha value is -3.42. The molecule has 0 spiro atoms. The quantitative estimate of drug-likeness (QED) is 0.621. The number of rotatable bonds is 3. The van der Waals surface area contributed by atoms with Gasteiger partial charge in [0.25, 0.3) is 5.91 Å². The Bertz CT molecular complexity index is 1290. The zero-order valence-electron chi connectivity index (χ0n) is 17.3. The van der Waals surface area contributed by atoms with E-state index in [0.29, 0.717) is 19.4 Å². The van der Waals surface area contributed by atoms with Crippen molar-refractivity contribution in [3.63, 3.8) is 0 Å². The van der Waals surface area contributed by atoms with E-state index in [0.717, 1.165) is 12.3 Å². The van der Waals surface area contributed by atoms with Crippen LogP contribution in [0.4, 0.5) is 13.2 Å². The number of aromatic nitrogens is 2. The number of carbonyl (C=O) groups excluding carboxylic acids is 1. The predicted molar refractivity (Wildman–Crippen MR) is 111 cm³/mol. The van der Waals surface area contributed by atoms with E-state index in [9.17, 15) is 14.0 Å². The minimum atomic E-state index is -1.07. The largest absolute Gasteiger partial charge is 0.332 e. The van der Waals surface area contributed by atoms with Crippen molar-refractivity contribution >= 4 is 5.91 Å². The van der Waals surface area contributed by atoms with Crippen molar-refractivity contribution in [2.45, 2.75) is 37.8 Å². The molecule has 1 fully saturated rings. The van der Waals surface area contributed by atoms with Crippen LogP contribution in [0.1, 0.15) is 52.0 Å². The predicted octanol–water partition coefficient (Wildman–Crippen LogP) is 3.96. The molecule has 3 atom stereocenters. The van der Waals surface area contributed by atoms with Gasteiger partial charge in [-0.1, -0.05) is 30.3 Å². The summed E-state index contributed by atoms with van der Waals surface area (Å²) in [6.07, 6.45) is 2.43. The number of fused-ring (bicyclic) bond motifs is 2. The van der Waals surface area contributed by atoms with E-state index >= 15 is 8.78 Å². The van der Waals surface area contributed by atoms with Crippen molar-refractivity contribution in [2.24, 2.45) is 0 Å². The molecule has 1 saturated heterocycles. The van der Waals surface area contributed by atoms with E-state index < -0.39 is 35.5 Å². The first-order chi connectivity index (χ1) is 15.4. The van der Waals surface area contributed by atoms with Crippen molar-refractivity contribution in [3.8, 4) is 0 Å². The van der Waals surface area contributed by atoms with Crippen LogP contribution in [0.5, 0.6) is 0 Å². The smallest absolute Gasteiger partial charge is 0.272 e. The van der Waals surface area contributed by atoms with Crippen LogP contribution >= 0.6 is 0 Å². The first kappa shape index (κ1) is 20.5. The summed E-state index contributed by atoms with van der Waals surface area (Å²) in [6.45, 7) is 2.01. The number of halogens is 3. The molecule has 2 aromatic carbocycles. The van der Waals surface area contributed by atoms with Crippen LogP contribution in [0.25, 0.3) is 0 Å². The molecule has 0 unspecified atom stereocenters. The second-order valence-electron chi connectivity index (χ2n) is 8.27. The second kappa shape index (κ2) is 7.62. The topological polar surface area (TPSA) is 55.2 Å². The highest BCUT2D eigenvalue weighted by Crippen LogP contribution is 2.46. The van der Waals surface area contributed by atoms with Gasteiger partial charge in [-0.15, -0.1) is 0 Å². The lowest BCUT2D eigenvalue weighted by Gasteiger charge is -2.43. The molecule has 5 nitrogen and oxygen atoms in total. The zero-order chi connectivity index (χ0) is 22.6. The third-order valence-corrected chi connectivity index (χ3v) is 6.59. The number of amides is 1. The lowest BCUT2D eigenvalue weighted by atomic mass is 9.79. The van der Waals surface area contributed by atoms with E-state index in [2.05, 4.69) is 5.10 Å². The fourth-order valence-electron chi connectivity index (χ4n) is 5.13. The van der Waals surface area contributed by atoms with Crippen molar-refractivity contribution < 1.29 is 18.0 Å². The van der Waals surface area contributed by atoms with Crippen LogP contribution in [0.2, 0.25) is 0 Å². The van der Waals surface area contributed by atoms with Crippen LogP contribution in [0.15, 0.2) is 53.5 Å². The molecule has 2 aliphatic heterocycles. The normalized spacial score (nSPS) is 20.8. The molecule has 3 aromatic rings. The molecule has 8 heteroatoms. The monoisotopic (exact) mass is 439 g/mol. The van der Waals surface area contributed by atoms with Gasteiger partial charge in [-0.05, 0) is 37.5 Å². The van der Waals surface area contributed by atoms with Gasteiger partial charge >= 0.3 is 0 Å². The lowest BCUT2D eigenvalue weighted by Crippen LogP contribution is -2.51. The lowest BCUT2D eigenvalue weighted by molar-refractivity contribution is 0.0568. The van der Waals surface area contributed by atoms with Crippen LogP contribution < -0.4 is 5.43 Å². The number of hydrogen-bond donors (Lipinski definition) is 0. The van der Waals surface area contributed by atoms with E-state index in [1.54, 1.807) is 17.9 Å². The van der Waals surface area contributed by atoms with Crippen molar-refractivity contribution in [2.75, 3.05) is 6.54 Å². The maximum absolute atomic E-state index is 15.1. The van der Waals surface area contributed by atoms with Crippen molar-refractivity contribution in [1.82, 2.24) is 14.7 Å². The Kier molecular flexibility index (Phi) is 4.87. The van der Waals surface area contributed by atoms with Gasteiger partial charge in [0.2, 0.25) is 5.43 Å². The summed E-state index contributed by atoms with van der Waals surface area (Å²) in [5.74, 6) is -3.97. The fourth-order valence-corrected chi connectivity index (χ4v) is 5.13. The first-order valence-corrected chi connectivity index (χ1v) is 10.5. The van der Waals surface area contributed by atoms with Gasteiger partial charge in [0.05, 0.1) is 18.3 Å². The van der Waals surface area contributed by atoms with Crippen molar-refractivity contribution in [3.05, 3.63) is 98.7 Å². The van der Waals surface area contributed by atoms with Crippen LogP contribution in [0, 0.1) is 24.4 Å². The average molecular weight is 439 g/mol. The van der Waals surface area contributed by atoms with Crippen LogP contribution in [-0.2, 0) is 0 Å². The molecule has 1 amide bonds.